The smallest absolute Gasteiger partial charge is 0.341 e. The fourth-order valence-corrected chi connectivity index (χ4v) is 3.65. The van der Waals surface area contributed by atoms with Crippen LogP contribution in [0.2, 0.25) is 5.02 Å². The van der Waals surface area contributed by atoms with E-state index in [1.807, 2.05) is 0 Å². The molecule has 3 rings (SSSR count). The van der Waals surface area contributed by atoms with Crippen molar-refractivity contribution in [2.75, 3.05) is 0 Å². The maximum Gasteiger partial charge on any atom is 0.341 e. The molecule has 2 aromatic carbocycles. The fraction of sp³-hybridized carbons (Fsp3) is 0.0526. The largest absolute Gasteiger partial charge is 0.499 e. The van der Waals surface area contributed by atoms with Crippen LogP contribution in [0, 0.1) is 0 Å². The van der Waals surface area contributed by atoms with Gasteiger partial charge in [-0.15, -0.1) is 0 Å². The van der Waals surface area contributed by atoms with Crippen LogP contribution in [0.5, 0.6) is 5.06 Å². The molecule has 3 aromatic rings. The lowest BCUT2D eigenvalue weighted by atomic mass is 10.0. The number of hydrogen-bond donors (Lipinski definition) is 2. The monoisotopic (exact) mass is 372 g/mol. The minimum Gasteiger partial charge on any atom is -0.499 e. The van der Waals surface area contributed by atoms with Crippen LogP contribution in [-0.4, -0.2) is 16.2 Å². The molecule has 0 bridgehead atoms. The molecule has 0 amide bonds. The van der Waals surface area contributed by atoms with Gasteiger partial charge in [-0.05, 0) is 23.3 Å². The number of carboxylic acids is 1. The first kappa shape index (κ1) is 17.2. The summed E-state index contributed by atoms with van der Waals surface area (Å²) >= 11 is 6.74. The van der Waals surface area contributed by atoms with Gasteiger partial charge in [-0.25, -0.2) is 4.79 Å². The molecule has 1 aromatic heterocycles. The standard InChI is InChI=1S/C19H13ClO4S/c20-13-8-6-11(7-9-13)10-14-16(21)15(18(22)23)17(25-19(14)24)12-4-2-1-3-5-12/h1-9,24H,10H2,(H,22,23). The predicted octanol–water partition coefficient (Wildman–Crippen LogP) is 4.42. The second-order valence-corrected chi connectivity index (χ2v) is 6.83. The van der Waals surface area contributed by atoms with Gasteiger partial charge < -0.3 is 10.2 Å². The van der Waals surface area contributed by atoms with Crippen molar-refractivity contribution in [2.45, 2.75) is 6.42 Å². The number of halogens is 1. The molecule has 1 heterocycles. The van der Waals surface area contributed by atoms with E-state index < -0.39 is 11.4 Å². The molecule has 0 radical (unpaired) electrons. The lowest BCUT2D eigenvalue weighted by Crippen LogP contribution is -2.19. The Balaban J connectivity index is 2.15. The molecule has 0 aliphatic carbocycles. The number of carboxylic acid groups (broad SMARTS) is 1. The Labute approximate surface area is 152 Å². The zero-order valence-corrected chi connectivity index (χ0v) is 14.5. The van der Waals surface area contributed by atoms with E-state index in [9.17, 15) is 19.8 Å². The Bertz CT molecular complexity index is 979. The quantitative estimate of drug-likeness (QED) is 0.710. The lowest BCUT2D eigenvalue weighted by molar-refractivity contribution is 0.0696. The lowest BCUT2D eigenvalue weighted by Gasteiger charge is -2.10. The van der Waals surface area contributed by atoms with Crippen molar-refractivity contribution in [3.05, 3.63) is 86.5 Å². The Morgan fingerprint density at radius 1 is 1.04 bits per heavy atom. The van der Waals surface area contributed by atoms with Crippen molar-refractivity contribution in [3.63, 3.8) is 0 Å². The van der Waals surface area contributed by atoms with Crippen LogP contribution in [0.1, 0.15) is 21.5 Å². The van der Waals surface area contributed by atoms with Gasteiger partial charge in [-0.1, -0.05) is 65.4 Å². The highest BCUT2D eigenvalue weighted by Gasteiger charge is 2.23. The average molecular weight is 373 g/mol. The predicted molar refractivity (Wildman–Crippen MR) is 98.9 cm³/mol. The molecule has 0 saturated carbocycles. The summed E-state index contributed by atoms with van der Waals surface area (Å²) in [5.41, 5.74) is 0.420. The summed E-state index contributed by atoms with van der Waals surface area (Å²) in [4.78, 5) is 24.7. The average Bonchev–Trinajstić information content (AvgIpc) is 2.60. The Morgan fingerprint density at radius 2 is 1.68 bits per heavy atom. The van der Waals surface area contributed by atoms with E-state index in [1.165, 1.54) is 0 Å². The fourth-order valence-electron chi connectivity index (χ4n) is 2.51. The van der Waals surface area contributed by atoms with Gasteiger partial charge in [0.25, 0.3) is 0 Å². The van der Waals surface area contributed by atoms with E-state index in [2.05, 4.69) is 0 Å². The minimum atomic E-state index is -1.31. The minimum absolute atomic E-state index is 0.0735. The van der Waals surface area contributed by atoms with E-state index in [1.54, 1.807) is 54.6 Å². The summed E-state index contributed by atoms with van der Waals surface area (Å²) < 4.78 is 0. The molecule has 0 spiro atoms. The van der Waals surface area contributed by atoms with Crippen molar-refractivity contribution in [1.82, 2.24) is 0 Å². The third-order valence-corrected chi connectivity index (χ3v) is 5.06. The molecular weight excluding hydrogens is 360 g/mol. The van der Waals surface area contributed by atoms with Gasteiger partial charge in [0.1, 0.15) is 5.56 Å². The molecule has 25 heavy (non-hydrogen) atoms. The first-order valence-electron chi connectivity index (χ1n) is 7.39. The van der Waals surface area contributed by atoms with E-state index in [0.717, 1.165) is 16.9 Å². The van der Waals surface area contributed by atoms with Crippen LogP contribution in [0.25, 0.3) is 10.4 Å². The summed E-state index contributed by atoms with van der Waals surface area (Å²) in [6, 6.07) is 15.5. The summed E-state index contributed by atoms with van der Waals surface area (Å²) in [6.07, 6.45) is 0.133. The topological polar surface area (TPSA) is 74.6 Å². The second kappa shape index (κ2) is 7.09. The summed E-state index contributed by atoms with van der Waals surface area (Å²) in [7, 11) is 0. The number of aromatic hydroxyl groups is 1. The summed E-state index contributed by atoms with van der Waals surface area (Å²) in [6.45, 7) is 0. The molecule has 126 valence electrons. The summed E-state index contributed by atoms with van der Waals surface area (Å²) in [5, 5.41) is 20.3. The van der Waals surface area contributed by atoms with E-state index in [0.29, 0.717) is 10.6 Å². The number of carbonyl (C=O) groups is 1. The molecule has 0 saturated heterocycles. The Kier molecular flexibility index (Phi) is 4.88. The van der Waals surface area contributed by atoms with Gasteiger partial charge in [0.2, 0.25) is 5.43 Å². The third-order valence-electron chi connectivity index (χ3n) is 3.73. The SMILES string of the molecule is O=C(O)c1c(-c2ccccc2)sc(O)c(Cc2ccc(Cl)cc2)c1=O. The number of aromatic carboxylic acids is 1. The van der Waals surface area contributed by atoms with Gasteiger partial charge in [-0.3, -0.25) is 4.79 Å². The first-order valence-corrected chi connectivity index (χ1v) is 8.59. The second-order valence-electron chi connectivity index (χ2n) is 5.39. The molecule has 2 N–H and O–H groups in total. The van der Waals surface area contributed by atoms with Crippen molar-refractivity contribution in [2.24, 2.45) is 0 Å². The molecule has 0 fully saturated rings. The molecule has 0 atom stereocenters. The molecule has 0 aliphatic rings. The molecule has 0 unspecified atom stereocenters. The summed E-state index contributed by atoms with van der Waals surface area (Å²) in [5.74, 6) is -1.31. The van der Waals surface area contributed by atoms with Crippen LogP contribution in [0.3, 0.4) is 0 Å². The van der Waals surface area contributed by atoms with Crippen molar-refractivity contribution < 1.29 is 15.0 Å². The maximum absolute atomic E-state index is 12.7. The van der Waals surface area contributed by atoms with Gasteiger partial charge in [0.15, 0.2) is 5.06 Å². The van der Waals surface area contributed by atoms with E-state index in [4.69, 9.17) is 11.6 Å². The Morgan fingerprint density at radius 3 is 2.28 bits per heavy atom. The van der Waals surface area contributed by atoms with Gasteiger partial charge in [0, 0.05) is 11.4 Å². The highest BCUT2D eigenvalue weighted by molar-refractivity contribution is 7.17. The van der Waals surface area contributed by atoms with Crippen LogP contribution in [0.15, 0.2) is 59.4 Å². The first-order chi connectivity index (χ1) is 12.0. The Hall–Kier alpha value is -2.63. The van der Waals surface area contributed by atoms with Crippen molar-refractivity contribution >= 4 is 28.9 Å². The number of rotatable bonds is 4. The molecule has 0 aliphatic heterocycles. The molecular formula is C19H13ClO4S. The van der Waals surface area contributed by atoms with Gasteiger partial charge >= 0.3 is 5.97 Å². The van der Waals surface area contributed by atoms with Crippen LogP contribution in [0.4, 0.5) is 0 Å². The van der Waals surface area contributed by atoms with Crippen LogP contribution < -0.4 is 5.43 Å². The van der Waals surface area contributed by atoms with Crippen molar-refractivity contribution in [1.29, 1.82) is 0 Å². The molecule has 6 heteroatoms. The van der Waals surface area contributed by atoms with Crippen LogP contribution in [-0.2, 0) is 6.42 Å². The highest BCUT2D eigenvalue weighted by atomic mass is 35.5. The molecule has 4 nitrogen and oxygen atoms in total. The maximum atomic E-state index is 12.7. The zero-order valence-electron chi connectivity index (χ0n) is 12.9. The normalized spacial score (nSPS) is 10.6. The van der Waals surface area contributed by atoms with Crippen molar-refractivity contribution in [3.8, 4) is 15.5 Å². The van der Waals surface area contributed by atoms with E-state index >= 15 is 0 Å². The van der Waals surface area contributed by atoms with Gasteiger partial charge in [-0.2, -0.15) is 0 Å². The third kappa shape index (κ3) is 3.57. The highest BCUT2D eigenvalue weighted by Crippen LogP contribution is 2.34. The number of hydrogen-bond acceptors (Lipinski definition) is 4. The number of benzene rings is 2. The van der Waals surface area contributed by atoms with E-state index in [-0.39, 0.29) is 27.5 Å². The van der Waals surface area contributed by atoms with Gasteiger partial charge in [0.05, 0.1) is 10.4 Å². The zero-order chi connectivity index (χ0) is 18.0. The van der Waals surface area contributed by atoms with Crippen LogP contribution >= 0.6 is 22.9 Å².